The summed E-state index contributed by atoms with van der Waals surface area (Å²) in [4.78, 5) is 13.8. The van der Waals surface area contributed by atoms with Gasteiger partial charge >= 0.3 is 0 Å². The van der Waals surface area contributed by atoms with Crippen molar-refractivity contribution in [3.8, 4) is 22.6 Å². The third kappa shape index (κ3) is 6.54. The summed E-state index contributed by atoms with van der Waals surface area (Å²) in [5.74, 6) is 0.645. The minimum Gasteiger partial charge on any atom is -0.501 e. The first-order valence-corrected chi connectivity index (χ1v) is 16.0. The molecule has 5 aromatic carbocycles. The molecule has 0 aliphatic rings. The largest absolute Gasteiger partial charge is 0.501 e. The summed E-state index contributed by atoms with van der Waals surface area (Å²) in [6.07, 6.45) is 3.77. The standard InChI is InChI=1S/C28H21N2O.C15H16N.Ir/c1-28(2,3)25-13-14-29-27(30-25)21-10-6-9-20-23-15-18-12-11-17-7-4-5-8-19(17)22(18)16-24(23)31-26(20)21;1-15(2,3)13-9-10-14(16-11-13)12-7-5-4-6-8-12;/h4-9,11-16H,1-3H3;4-7,9-11H,1-3H3;/q2*-1;. The van der Waals surface area contributed by atoms with Gasteiger partial charge in [0.05, 0.1) is 11.4 Å². The topological polar surface area (TPSA) is 51.8 Å². The van der Waals surface area contributed by atoms with Gasteiger partial charge in [-0.2, -0.15) is 0 Å². The van der Waals surface area contributed by atoms with Crippen LogP contribution < -0.4 is 0 Å². The molecule has 48 heavy (non-hydrogen) atoms. The zero-order valence-electron chi connectivity index (χ0n) is 28.1. The Morgan fingerprint density at radius 1 is 0.625 bits per heavy atom. The van der Waals surface area contributed by atoms with Crippen molar-refractivity contribution in [2.45, 2.75) is 52.4 Å². The predicted octanol–water partition coefficient (Wildman–Crippen LogP) is 11.3. The van der Waals surface area contributed by atoms with Crippen molar-refractivity contribution in [3.05, 3.63) is 139 Å². The van der Waals surface area contributed by atoms with E-state index in [-0.39, 0.29) is 30.9 Å². The molecular formula is C43H37IrN3O-2. The van der Waals surface area contributed by atoms with E-state index in [0.717, 1.165) is 44.5 Å². The van der Waals surface area contributed by atoms with E-state index in [1.165, 1.54) is 27.1 Å². The molecule has 241 valence electrons. The second-order valence-corrected chi connectivity index (χ2v) is 14.0. The third-order valence-electron chi connectivity index (χ3n) is 8.56. The first kappa shape index (κ1) is 33.2. The zero-order valence-corrected chi connectivity index (χ0v) is 30.4. The van der Waals surface area contributed by atoms with Crippen LogP contribution in [0.15, 0.2) is 120 Å². The first-order chi connectivity index (χ1) is 22.6. The van der Waals surface area contributed by atoms with Gasteiger partial charge in [-0.15, -0.1) is 54.1 Å². The van der Waals surface area contributed by atoms with Gasteiger partial charge in [0.25, 0.3) is 0 Å². The van der Waals surface area contributed by atoms with Crippen LogP contribution in [0.25, 0.3) is 66.1 Å². The molecule has 4 nitrogen and oxygen atoms in total. The van der Waals surface area contributed by atoms with E-state index < -0.39 is 0 Å². The third-order valence-corrected chi connectivity index (χ3v) is 8.56. The molecule has 0 aliphatic heterocycles. The van der Waals surface area contributed by atoms with Crippen molar-refractivity contribution in [1.82, 2.24) is 15.0 Å². The van der Waals surface area contributed by atoms with Crippen molar-refractivity contribution in [2.75, 3.05) is 0 Å². The van der Waals surface area contributed by atoms with Crippen molar-refractivity contribution in [2.24, 2.45) is 0 Å². The maximum atomic E-state index is 6.41. The Balaban J connectivity index is 0.000000201. The predicted molar refractivity (Wildman–Crippen MR) is 195 cm³/mol. The van der Waals surface area contributed by atoms with Crippen molar-refractivity contribution in [1.29, 1.82) is 0 Å². The molecule has 0 unspecified atom stereocenters. The molecular weight excluding hydrogens is 767 g/mol. The molecule has 0 atom stereocenters. The molecule has 0 spiro atoms. The number of aromatic nitrogens is 3. The van der Waals surface area contributed by atoms with Crippen LogP contribution in [0.2, 0.25) is 0 Å². The normalized spacial score (nSPS) is 11.8. The molecule has 5 heteroatoms. The van der Waals surface area contributed by atoms with Gasteiger partial charge in [0.2, 0.25) is 0 Å². The van der Waals surface area contributed by atoms with Crippen LogP contribution >= 0.6 is 0 Å². The van der Waals surface area contributed by atoms with Gasteiger partial charge in [-0.1, -0.05) is 101 Å². The SMILES string of the molecule is CC(C)(C)c1ccc(-c2[c-]cccc2)nc1.CC(C)(C)c1ccnc(-c2[c-]ccc3c2oc2cc4c(ccc5ccccc54)cc23)n1.[Ir]. The molecule has 0 N–H and O–H groups in total. The number of benzene rings is 5. The van der Waals surface area contributed by atoms with Gasteiger partial charge in [0.1, 0.15) is 5.58 Å². The van der Waals surface area contributed by atoms with Gasteiger partial charge in [-0.05, 0) is 56.4 Å². The Morgan fingerprint density at radius 2 is 1.42 bits per heavy atom. The molecule has 0 aliphatic carbocycles. The van der Waals surface area contributed by atoms with Gasteiger partial charge in [0.15, 0.2) is 0 Å². The molecule has 1 radical (unpaired) electrons. The van der Waals surface area contributed by atoms with E-state index in [9.17, 15) is 0 Å². The van der Waals surface area contributed by atoms with Crippen LogP contribution in [-0.4, -0.2) is 15.0 Å². The van der Waals surface area contributed by atoms with E-state index in [1.54, 1.807) is 0 Å². The summed E-state index contributed by atoms with van der Waals surface area (Å²) in [6.45, 7) is 13.0. The average molecular weight is 804 g/mol. The minimum atomic E-state index is -0.0573. The summed E-state index contributed by atoms with van der Waals surface area (Å²) in [6, 6.07) is 41.8. The Kier molecular flexibility index (Phi) is 9.04. The van der Waals surface area contributed by atoms with Crippen molar-refractivity contribution >= 4 is 43.5 Å². The van der Waals surface area contributed by atoms with E-state index in [4.69, 9.17) is 9.40 Å². The summed E-state index contributed by atoms with van der Waals surface area (Å²) in [7, 11) is 0. The zero-order chi connectivity index (χ0) is 32.8. The number of rotatable bonds is 2. The summed E-state index contributed by atoms with van der Waals surface area (Å²) in [5.41, 5.74) is 6.83. The Morgan fingerprint density at radius 3 is 2.15 bits per heavy atom. The monoisotopic (exact) mass is 804 g/mol. The smallest absolute Gasteiger partial charge is 0.121 e. The fourth-order valence-electron chi connectivity index (χ4n) is 5.85. The fraction of sp³-hybridized carbons (Fsp3) is 0.186. The minimum absolute atomic E-state index is 0. The molecule has 0 bridgehead atoms. The quantitative estimate of drug-likeness (QED) is 0.129. The maximum absolute atomic E-state index is 6.41. The molecule has 0 fully saturated rings. The van der Waals surface area contributed by atoms with Crippen LogP contribution in [0, 0.1) is 12.1 Å². The molecule has 0 saturated carbocycles. The van der Waals surface area contributed by atoms with Crippen LogP contribution in [0.5, 0.6) is 0 Å². The van der Waals surface area contributed by atoms with Gasteiger partial charge < -0.3 is 9.40 Å². The molecule has 3 heterocycles. The second-order valence-electron chi connectivity index (χ2n) is 14.0. The molecule has 0 saturated heterocycles. The van der Waals surface area contributed by atoms with Gasteiger partial charge in [-0.25, -0.2) is 0 Å². The molecule has 8 rings (SSSR count). The van der Waals surface area contributed by atoms with Crippen LogP contribution in [-0.2, 0) is 30.9 Å². The second kappa shape index (κ2) is 13.1. The van der Waals surface area contributed by atoms with Crippen LogP contribution in [0.1, 0.15) is 52.8 Å². The fourth-order valence-corrected chi connectivity index (χ4v) is 5.85. The number of furan rings is 1. The van der Waals surface area contributed by atoms with Gasteiger partial charge in [0, 0.05) is 49.0 Å². The number of nitrogens with zero attached hydrogens (tertiary/aromatic N) is 3. The number of fused-ring (bicyclic) bond motifs is 6. The average Bonchev–Trinajstić information content (AvgIpc) is 3.45. The number of hydrogen-bond donors (Lipinski definition) is 0. The number of pyridine rings is 1. The van der Waals surface area contributed by atoms with E-state index in [2.05, 4.69) is 130 Å². The summed E-state index contributed by atoms with van der Waals surface area (Å²) < 4.78 is 6.41. The van der Waals surface area contributed by atoms with Crippen molar-refractivity contribution < 1.29 is 24.5 Å². The van der Waals surface area contributed by atoms with Crippen molar-refractivity contribution in [3.63, 3.8) is 0 Å². The van der Waals surface area contributed by atoms with Gasteiger partial charge in [-0.3, -0.25) is 9.97 Å². The van der Waals surface area contributed by atoms with Crippen LogP contribution in [0.4, 0.5) is 0 Å². The molecule has 0 amide bonds. The summed E-state index contributed by atoms with van der Waals surface area (Å²) in [5, 5.41) is 7.02. The number of hydrogen-bond acceptors (Lipinski definition) is 4. The van der Waals surface area contributed by atoms with E-state index >= 15 is 0 Å². The Labute approximate surface area is 295 Å². The maximum Gasteiger partial charge on any atom is 0.121 e. The van der Waals surface area contributed by atoms with Crippen LogP contribution in [0.3, 0.4) is 0 Å². The van der Waals surface area contributed by atoms with E-state index in [0.29, 0.717) is 5.82 Å². The Hall–Kier alpha value is -4.70. The molecule has 8 aromatic rings. The Bertz CT molecular complexity index is 2360. The molecule has 3 aromatic heterocycles. The first-order valence-electron chi connectivity index (χ1n) is 16.0. The summed E-state index contributed by atoms with van der Waals surface area (Å²) >= 11 is 0. The van der Waals surface area contributed by atoms with E-state index in [1.807, 2.05) is 48.8 Å².